The topological polar surface area (TPSA) is 49.6 Å². The number of hydrogen-bond acceptors (Lipinski definition) is 4. The average molecular weight is 382 g/mol. The smallest absolute Gasteiger partial charge is 0.232 e. The van der Waals surface area contributed by atoms with Crippen LogP contribution in [0.5, 0.6) is 0 Å². The minimum absolute atomic E-state index is 0.00257. The van der Waals surface area contributed by atoms with Crippen molar-refractivity contribution in [3.63, 3.8) is 0 Å². The zero-order chi connectivity index (χ0) is 19.5. The minimum atomic E-state index is -0.00257. The lowest BCUT2D eigenvalue weighted by Gasteiger charge is -2.29. The number of anilines is 1. The summed E-state index contributed by atoms with van der Waals surface area (Å²) in [6.07, 6.45) is 6.09. The molecule has 2 heterocycles. The highest BCUT2D eigenvalue weighted by Crippen LogP contribution is 2.36. The third kappa shape index (κ3) is 4.23. The first kappa shape index (κ1) is 19.0. The van der Waals surface area contributed by atoms with Crippen LogP contribution in [0, 0.1) is 11.8 Å². The van der Waals surface area contributed by atoms with E-state index in [1.54, 1.807) is 0 Å². The lowest BCUT2D eigenvalue weighted by atomic mass is 10.0. The first-order chi connectivity index (χ1) is 13.6. The van der Waals surface area contributed by atoms with Gasteiger partial charge in [0.25, 0.3) is 0 Å². The lowest BCUT2D eigenvalue weighted by Crippen LogP contribution is -2.36. The van der Waals surface area contributed by atoms with Gasteiger partial charge in [-0.05, 0) is 38.0 Å². The van der Waals surface area contributed by atoms with E-state index >= 15 is 0 Å². The van der Waals surface area contributed by atoms with E-state index in [2.05, 4.69) is 22.2 Å². The molecule has 2 aromatic rings. The Morgan fingerprint density at radius 2 is 1.89 bits per heavy atom. The fraction of sp³-hybridized carbons (Fsp3) is 0.565. The number of hydrogen-bond donors (Lipinski definition) is 0. The molecule has 1 saturated heterocycles. The van der Waals surface area contributed by atoms with Crippen LogP contribution < -0.4 is 4.90 Å². The zero-order valence-corrected chi connectivity index (χ0v) is 17.1. The molecule has 0 unspecified atom stereocenters. The van der Waals surface area contributed by atoms with E-state index in [1.807, 2.05) is 36.9 Å². The molecule has 4 rings (SSSR count). The van der Waals surface area contributed by atoms with Gasteiger partial charge in [-0.15, -0.1) is 0 Å². The lowest BCUT2D eigenvalue weighted by molar-refractivity contribution is -0.135. The van der Waals surface area contributed by atoms with Crippen molar-refractivity contribution in [3.05, 3.63) is 35.9 Å². The van der Waals surface area contributed by atoms with E-state index in [1.165, 1.54) is 32.1 Å². The summed E-state index contributed by atoms with van der Waals surface area (Å²) in [6.45, 7) is 7.39. The number of piperidine rings is 1. The molecular weight excluding hydrogens is 350 g/mol. The number of carbonyl (C=O) groups excluding carboxylic acids is 1. The highest BCUT2D eigenvalue weighted by atomic mass is 16.5. The second-order valence-electron chi connectivity index (χ2n) is 8.55. The third-order valence-corrected chi connectivity index (χ3v) is 5.79. The molecule has 0 bridgehead atoms. The summed E-state index contributed by atoms with van der Waals surface area (Å²) in [5.74, 6) is 1.73. The van der Waals surface area contributed by atoms with Crippen LogP contribution in [0.3, 0.4) is 0 Å². The molecule has 0 spiro atoms. The van der Waals surface area contributed by atoms with Crippen LogP contribution in [0.2, 0.25) is 0 Å². The summed E-state index contributed by atoms with van der Waals surface area (Å²) in [7, 11) is 0. The Bertz CT molecular complexity index is 789. The van der Waals surface area contributed by atoms with Crippen molar-refractivity contribution in [2.75, 3.05) is 24.5 Å². The Kier molecular flexibility index (Phi) is 5.69. The van der Waals surface area contributed by atoms with Gasteiger partial charge in [-0.1, -0.05) is 49.3 Å². The number of aromatic nitrogens is 1. The molecule has 150 valence electrons. The molecule has 0 radical (unpaired) electrons. The molecule has 1 aliphatic carbocycles. The van der Waals surface area contributed by atoms with Crippen LogP contribution in [0.15, 0.2) is 34.9 Å². The Balaban J connectivity index is 1.69. The molecule has 28 heavy (non-hydrogen) atoms. The van der Waals surface area contributed by atoms with Crippen LogP contribution in [0.1, 0.15) is 51.5 Å². The monoisotopic (exact) mass is 381 g/mol. The van der Waals surface area contributed by atoms with Crippen molar-refractivity contribution in [3.8, 4) is 11.3 Å². The van der Waals surface area contributed by atoms with E-state index in [4.69, 9.17) is 4.52 Å². The Morgan fingerprint density at radius 3 is 2.54 bits per heavy atom. The first-order valence-electron chi connectivity index (χ1n) is 10.7. The maximum Gasteiger partial charge on any atom is 0.232 e. The second-order valence-corrected chi connectivity index (χ2v) is 8.55. The molecule has 5 heteroatoms. The van der Waals surface area contributed by atoms with Crippen LogP contribution in [0.25, 0.3) is 11.3 Å². The molecule has 0 atom stereocenters. The van der Waals surface area contributed by atoms with Gasteiger partial charge in [0.05, 0.1) is 12.1 Å². The van der Waals surface area contributed by atoms with Crippen molar-refractivity contribution in [2.45, 2.75) is 52.5 Å². The van der Waals surface area contributed by atoms with Gasteiger partial charge >= 0.3 is 0 Å². The van der Waals surface area contributed by atoms with Crippen molar-refractivity contribution < 1.29 is 9.32 Å². The van der Waals surface area contributed by atoms with Crippen molar-refractivity contribution >= 4 is 11.8 Å². The molecule has 1 aromatic carbocycles. The predicted molar refractivity (Wildman–Crippen MR) is 111 cm³/mol. The SMILES string of the molecule is CC(C)C(=O)N(Cc1c(-c2ccccc2)noc1N1CCCCC1)CC1CC1. The number of carbonyl (C=O) groups is 1. The predicted octanol–water partition coefficient (Wildman–Crippen LogP) is 4.73. The second kappa shape index (κ2) is 8.38. The van der Waals surface area contributed by atoms with E-state index in [-0.39, 0.29) is 11.8 Å². The van der Waals surface area contributed by atoms with Gasteiger partial charge in [-0.3, -0.25) is 4.79 Å². The maximum atomic E-state index is 12.9. The molecule has 1 aliphatic heterocycles. The summed E-state index contributed by atoms with van der Waals surface area (Å²) in [6, 6.07) is 10.2. The summed E-state index contributed by atoms with van der Waals surface area (Å²) in [5, 5.41) is 4.46. The number of rotatable bonds is 7. The maximum absolute atomic E-state index is 12.9. The van der Waals surface area contributed by atoms with Gasteiger partial charge in [0.15, 0.2) is 0 Å². The van der Waals surface area contributed by atoms with Crippen LogP contribution in [-0.2, 0) is 11.3 Å². The molecule has 5 nitrogen and oxygen atoms in total. The van der Waals surface area contributed by atoms with Crippen LogP contribution in [0.4, 0.5) is 5.88 Å². The van der Waals surface area contributed by atoms with Crippen molar-refractivity contribution in [2.24, 2.45) is 11.8 Å². The standard InChI is InChI=1S/C23H31N3O2/c1-17(2)22(27)26(15-18-11-12-18)16-20-21(19-9-5-3-6-10-19)24-28-23(20)25-13-7-4-8-14-25/h3,5-6,9-10,17-18H,4,7-8,11-16H2,1-2H3. The summed E-state index contributed by atoms with van der Waals surface area (Å²) >= 11 is 0. The molecule has 1 aromatic heterocycles. The Hall–Kier alpha value is -2.30. The molecular formula is C23H31N3O2. The van der Waals surface area contributed by atoms with Gasteiger partial charge < -0.3 is 14.3 Å². The van der Waals surface area contributed by atoms with E-state index in [0.717, 1.165) is 42.3 Å². The molecule has 0 N–H and O–H groups in total. The number of benzene rings is 1. The number of nitrogens with zero attached hydrogens (tertiary/aromatic N) is 3. The number of amides is 1. The van der Waals surface area contributed by atoms with Crippen molar-refractivity contribution in [1.29, 1.82) is 0 Å². The summed E-state index contributed by atoms with van der Waals surface area (Å²) < 4.78 is 5.89. The Morgan fingerprint density at radius 1 is 1.18 bits per heavy atom. The van der Waals surface area contributed by atoms with Gasteiger partial charge in [0.1, 0.15) is 5.69 Å². The summed E-state index contributed by atoms with van der Waals surface area (Å²) in [4.78, 5) is 17.3. The first-order valence-corrected chi connectivity index (χ1v) is 10.7. The molecule has 2 fully saturated rings. The van der Waals surface area contributed by atoms with Gasteiger partial charge in [0, 0.05) is 31.1 Å². The largest absolute Gasteiger partial charge is 0.340 e. The highest BCUT2D eigenvalue weighted by molar-refractivity contribution is 5.79. The summed E-state index contributed by atoms with van der Waals surface area (Å²) in [5.41, 5.74) is 2.98. The normalized spacial score (nSPS) is 17.2. The van der Waals surface area contributed by atoms with Crippen LogP contribution in [-0.4, -0.2) is 35.6 Å². The average Bonchev–Trinajstić information content (AvgIpc) is 3.45. The van der Waals surface area contributed by atoms with Crippen molar-refractivity contribution in [1.82, 2.24) is 10.1 Å². The highest BCUT2D eigenvalue weighted by Gasteiger charge is 2.31. The van der Waals surface area contributed by atoms with Crippen LogP contribution >= 0.6 is 0 Å². The fourth-order valence-corrected chi connectivity index (χ4v) is 4.01. The van der Waals surface area contributed by atoms with Gasteiger partial charge in [-0.25, -0.2) is 0 Å². The molecule has 2 aliphatic rings. The minimum Gasteiger partial charge on any atom is -0.340 e. The van der Waals surface area contributed by atoms with E-state index in [9.17, 15) is 4.79 Å². The zero-order valence-electron chi connectivity index (χ0n) is 17.1. The van der Waals surface area contributed by atoms with E-state index in [0.29, 0.717) is 12.5 Å². The quantitative estimate of drug-likeness (QED) is 0.696. The third-order valence-electron chi connectivity index (χ3n) is 5.79. The molecule has 1 saturated carbocycles. The van der Waals surface area contributed by atoms with Gasteiger partial charge in [0.2, 0.25) is 11.8 Å². The van der Waals surface area contributed by atoms with E-state index < -0.39 is 0 Å². The fourth-order valence-electron chi connectivity index (χ4n) is 4.01. The Labute approximate surface area is 167 Å². The molecule has 1 amide bonds. The van der Waals surface area contributed by atoms with Gasteiger partial charge in [-0.2, -0.15) is 0 Å².